The van der Waals surface area contributed by atoms with Gasteiger partial charge in [-0.25, -0.2) is 0 Å². The van der Waals surface area contributed by atoms with E-state index in [0.717, 1.165) is 25.0 Å². The number of unbranched alkanes of at least 4 members (excludes halogenated alkanes) is 10. The molecule has 1 fully saturated rings. The van der Waals surface area contributed by atoms with Crippen LogP contribution in [0.3, 0.4) is 0 Å². The van der Waals surface area contributed by atoms with Crippen molar-refractivity contribution in [3.05, 3.63) is 0 Å². The quantitative estimate of drug-likeness (QED) is 0.0563. The Hall–Kier alpha value is 0.380. The lowest BCUT2D eigenvalue weighted by molar-refractivity contribution is -0.627. The minimum atomic E-state index is 0. The van der Waals surface area contributed by atoms with Gasteiger partial charge in [0.1, 0.15) is 0 Å². The van der Waals surface area contributed by atoms with Gasteiger partial charge in [-0.3, -0.25) is 0 Å². The van der Waals surface area contributed by atoms with E-state index in [2.05, 4.69) is 71.5 Å². The number of rotatable bonds is 25. The monoisotopic (exact) mass is 673 g/mol. The number of alkyl halides is 1. The summed E-state index contributed by atoms with van der Waals surface area (Å²) in [5, 5.41) is 9.33. The predicted octanol–water partition coefficient (Wildman–Crippen LogP) is 5.78. The first-order valence-electron chi connectivity index (χ1n) is 18.9. The topological polar surface area (TPSA) is 79.2 Å². The van der Waals surface area contributed by atoms with Gasteiger partial charge in [0.15, 0.2) is 0 Å². The summed E-state index contributed by atoms with van der Waals surface area (Å²) in [5.41, 5.74) is 5.28. The fourth-order valence-electron chi connectivity index (χ4n) is 3.65. The molecule has 0 saturated carbocycles. The number of ether oxygens (including phenoxy) is 1. The number of nitrogens with two attached hydrogens (primary N) is 2. The first-order valence-corrected chi connectivity index (χ1v) is 19.5. The van der Waals surface area contributed by atoms with Crippen LogP contribution in [0.25, 0.3) is 0 Å². The largest absolute Gasteiger partial charge is 1.00 e. The average molecular weight is 674 g/mol. The highest BCUT2D eigenvalue weighted by atomic mass is 35.5. The van der Waals surface area contributed by atoms with Crippen molar-refractivity contribution in [3.63, 3.8) is 0 Å². The minimum absolute atomic E-state index is 0. The van der Waals surface area contributed by atoms with E-state index < -0.39 is 0 Å². The predicted molar refractivity (Wildman–Crippen MR) is 199 cm³/mol. The van der Waals surface area contributed by atoms with Crippen molar-refractivity contribution in [1.82, 2.24) is 10.6 Å². The van der Waals surface area contributed by atoms with Crippen LogP contribution in [0.5, 0.6) is 0 Å². The molecule has 44 heavy (non-hydrogen) atoms. The third kappa shape index (κ3) is 58.0. The summed E-state index contributed by atoms with van der Waals surface area (Å²) < 4.78 is 4.73. The fourth-order valence-corrected chi connectivity index (χ4v) is 3.82. The van der Waals surface area contributed by atoms with Crippen molar-refractivity contribution in [2.45, 2.75) is 165 Å². The molecule has 0 spiro atoms. The average Bonchev–Trinajstić information content (AvgIpc) is 3.89. The number of hydrogen-bond acceptors (Lipinski definition) is 4. The van der Waals surface area contributed by atoms with E-state index in [-0.39, 0.29) is 12.4 Å². The van der Waals surface area contributed by atoms with Gasteiger partial charge in [0.25, 0.3) is 0 Å². The number of hydrogen-bond donors (Lipinski definition) is 4. The third-order valence-electron chi connectivity index (χ3n) is 7.86. The molecule has 274 valence electrons. The highest BCUT2D eigenvalue weighted by Crippen LogP contribution is 2.09. The van der Waals surface area contributed by atoms with E-state index in [4.69, 9.17) is 22.1 Å². The van der Waals surface area contributed by atoms with Crippen molar-refractivity contribution >= 4 is 11.6 Å². The standard InChI is InChI=1S/C15H33N.C12H28N2.C5H13N.C3H5ClO.C2H6.ClH/c1-4-6-7-8-9-10-11-12-13-16-14-15(3)5-2;1-4-12(2)11-14-10-8-6-5-7-9-13-3;1-3-5(2)4-6;4-1-3-2-5-3;1-2;/h15-16H,4-14H2,1-3H3;12-14H,4-11H2,1-3H3;5H,3-4,6H2,1-2H3;3H,1-2H2;1-2H3;1H. The number of nitrogens with one attached hydrogen (secondary N) is 2. The van der Waals surface area contributed by atoms with E-state index in [1.54, 1.807) is 0 Å². The summed E-state index contributed by atoms with van der Waals surface area (Å²) >= 11 is 5.27. The Bertz CT molecular complexity index is 442. The van der Waals surface area contributed by atoms with Gasteiger partial charge >= 0.3 is 0 Å². The Morgan fingerprint density at radius 1 is 0.705 bits per heavy atom. The molecule has 1 saturated heterocycles. The van der Waals surface area contributed by atoms with Crippen LogP contribution < -0.4 is 34.1 Å². The van der Waals surface area contributed by atoms with E-state index in [9.17, 15) is 0 Å². The Kier molecular flexibility index (Phi) is 61.5. The lowest BCUT2D eigenvalue weighted by Gasteiger charge is -2.09. The molecule has 4 unspecified atom stereocenters. The molecule has 4 atom stereocenters. The van der Waals surface area contributed by atoms with Crippen LogP contribution in [0.15, 0.2) is 0 Å². The van der Waals surface area contributed by atoms with Crippen molar-refractivity contribution in [3.8, 4) is 0 Å². The summed E-state index contributed by atoms with van der Waals surface area (Å²) in [6.45, 7) is 27.6. The second-order valence-corrected chi connectivity index (χ2v) is 12.7. The molecule has 0 aliphatic carbocycles. The maximum absolute atomic E-state index is 5.28. The second kappa shape index (κ2) is 50.2. The molecule has 1 aliphatic heterocycles. The first-order chi connectivity index (χ1) is 20.9. The summed E-state index contributed by atoms with van der Waals surface area (Å²) in [6.07, 6.45) is 21.1. The third-order valence-corrected chi connectivity index (χ3v) is 8.20. The normalized spacial score (nSPS) is 14.9. The lowest BCUT2D eigenvalue weighted by Crippen LogP contribution is -3.00. The molecule has 0 aromatic heterocycles. The summed E-state index contributed by atoms with van der Waals surface area (Å²) in [4.78, 5) is 0. The Morgan fingerprint density at radius 2 is 1.09 bits per heavy atom. The van der Waals surface area contributed by atoms with Crippen molar-refractivity contribution in [2.75, 3.05) is 58.8 Å². The van der Waals surface area contributed by atoms with Gasteiger partial charge in [-0.15, -0.1) is 11.6 Å². The van der Waals surface area contributed by atoms with Crippen LogP contribution in [0, 0.1) is 17.8 Å². The summed E-state index contributed by atoms with van der Waals surface area (Å²) in [7, 11) is 2.15. The van der Waals surface area contributed by atoms with E-state index >= 15 is 0 Å². The molecule has 0 bridgehead atoms. The second-order valence-electron chi connectivity index (χ2n) is 12.4. The highest BCUT2D eigenvalue weighted by molar-refractivity contribution is 6.18. The highest BCUT2D eigenvalue weighted by Gasteiger charge is 2.19. The Balaban J connectivity index is -0.000000163. The van der Waals surface area contributed by atoms with Gasteiger partial charge in [-0.05, 0) is 76.2 Å². The van der Waals surface area contributed by atoms with Gasteiger partial charge in [0, 0.05) is 0 Å². The van der Waals surface area contributed by atoms with Crippen LogP contribution >= 0.6 is 11.6 Å². The molecular formula is C37H86Cl2N4O. The number of epoxide rings is 1. The van der Waals surface area contributed by atoms with Crippen LogP contribution in [0.4, 0.5) is 0 Å². The summed E-state index contributed by atoms with van der Waals surface area (Å²) in [6, 6.07) is 0. The van der Waals surface area contributed by atoms with Crippen LogP contribution in [-0.4, -0.2) is 64.9 Å². The van der Waals surface area contributed by atoms with Crippen LogP contribution in [0.2, 0.25) is 0 Å². The smallest absolute Gasteiger partial charge is 0.0944 e. The number of quaternary nitrogens is 1. The van der Waals surface area contributed by atoms with Gasteiger partial charge in [-0.2, -0.15) is 0 Å². The van der Waals surface area contributed by atoms with Crippen LogP contribution in [0.1, 0.15) is 159 Å². The maximum atomic E-state index is 5.28. The van der Waals surface area contributed by atoms with Gasteiger partial charge < -0.3 is 38.8 Å². The fraction of sp³-hybridized carbons (Fsp3) is 1.00. The molecule has 1 aliphatic rings. The molecule has 0 aromatic carbocycles. The van der Waals surface area contributed by atoms with Crippen molar-refractivity contribution in [1.29, 1.82) is 0 Å². The zero-order chi connectivity index (χ0) is 33.4. The molecule has 1 heterocycles. The molecule has 6 N–H and O–H groups in total. The zero-order valence-corrected chi connectivity index (χ0v) is 33.4. The molecule has 0 radical (unpaired) electrons. The van der Waals surface area contributed by atoms with Gasteiger partial charge in [0.2, 0.25) is 0 Å². The molecular weight excluding hydrogens is 587 g/mol. The van der Waals surface area contributed by atoms with Gasteiger partial charge in [-0.1, -0.05) is 133 Å². The maximum Gasteiger partial charge on any atom is 0.0944 e. The van der Waals surface area contributed by atoms with Crippen molar-refractivity contribution < 1.29 is 22.5 Å². The molecule has 0 aromatic rings. The molecule has 1 rings (SSSR count). The Labute approximate surface area is 290 Å². The van der Waals surface area contributed by atoms with E-state index in [0.29, 0.717) is 17.9 Å². The van der Waals surface area contributed by atoms with Gasteiger partial charge in [0.05, 0.1) is 32.2 Å². The zero-order valence-electron chi connectivity index (χ0n) is 31.9. The van der Waals surface area contributed by atoms with Crippen molar-refractivity contribution in [2.24, 2.45) is 23.5 Å². The summed E-state index contributed by atoms with van der Waals surface area (Å²) in [5.74, 6) is 3.06. The SMILES string of the molecule is CC.CCC(C)CN.CCC(C)CNCCCCCC[NH2+]C.CCCCCCCCCCNCC(C)CC.ClCC1CO1.[Cl-]. The van der Waals surface area contributed by atoms with E-state index in [1.165, 1.54) is 129 Å². The lowest BCUT2D eigenvalue weighted by atomic mass is 10.1. The molecule has 7 heteroatoms. The molecule has 0 amide bonds. The molecule has 5 nitrogen and oxygen atoms in total. The number of halogens is 2. The minimum Gasteiger partial charge on any atom is -1.00 e. The van der Waals surface area contributed by atoms with Crippen LogP contribution in [-0.2, 0) is 4.74 Å². The first kappa shape index (κ1) is 53.9. The Morgan fingerprint density at radius 3 is 1.36 bits per heavy atom. The van der Waals surface area contributed by atoms with E-state index in [1.807, 2.05) is 13.8 Å².